The third-order valence-electron chi connectivity index (χ3n) is 4.42. The van der Waals surface area contributed by atoms with E-state index in [9.17, 15) is 9.59 Å². The molecule has 1 unspecified atom stereocenters. The van der Waals surface area contributed by atoms with Crippen molar-refractivity contribution >= 4 is 23.2 Å². The van der Waals surface area contributed by atoms with Gasteiger partial charge in [0, 0.05) is 26.7 Å². The largest absolute Gasteiger partial charge is 0.351 e. The molecule has 1 aromatic heterocycles. The highest BCUT2D eigenvalue weighted by Gasteiger charge is 2.26. The molecule has 6 heteroatoms. The van der Waals surface area contributed by atoms with Crippen LogP contribution in [0.3, 0.4) is 0 Å². The fourth-order valence-electron chi connectivity index (χ4n) is 3.09. The number of hydrogen-bond donors (Lipinski definition) is 2. The van der Waals surface area contributed by atoms with Gasteiger partial charge in [0.05, 0.1) is 6.04 Å². The first kappa shape index (κ1) is 16.7. The van der Waals surface area contributed by atoms with Gasteiger partial charge >= 0.3 is 11.8 Å². The lowest BCUT2D eigenvalue weighted by atomic mass is 9.97. The van der Waals surface area contributed by atoms with E-state index >= 15 is 0 Å². The Labute approximate surface area is 145 Å². The molecule has 2 N–H and O–H groups in total. The van der Waals surface area contributed by atoms with Gasteiger partial charge in [-0.3, -0.25) is 14.5 Å². The molecule has 1 atom stereocenters. The van der Waals surface area contributed by atoms with E-state index in [0.29, 0.717) is 6.54 Å². The highest BCUT2D eigenvalue weighted by atomic mass is 32.1. The van der Waals surface area contributed by atoms with E-state index < -0.39 is 11.8 Å². The van der Waals surface area contributed by atoms with E-state index in [1.54, 1.807) is 11.3 Å². The number of nitrogens with zero attached hydrogens (tertiary/aromatic N) is 1. The second-order valence-corrected chi connectivity index (χ2v) is 6.63. The highest BCUT2D eigenvalue weighted by Crippen LogP contribution is 2.28. The van der Waals surface area contributed by atoms with Gasteiger partial charge in [0.2, 0.25) is 0 Å². The molecule has 2 aromatic rings. The van der Waals surface area contributed by atoms with Gasteiger partial charge in [0.1, 0.15) is 0 Å². The summed E-state index contributed by atoms with van der Waals surface area (Å²) in [5.74, 6) is -1.20. The van der Waals surface area contributed by atoms with Gasteiger partial charge in [-0.2, -0.15) is 11.3 Å². The van der Waals surface area contributed by atoms with Crippen LogP contribution < -0.4 is 10.6 Å². The molecule has 3 rings (SSSR count). The van der Waals surface area contributed by atoms with Crippen molar-refractivity contribution in [3.8, 4) is 0 Å². The summed E-state index contributed by atoms with van der Waals surface area (Å²) in [5, 5.41) is 9.26. The lowest BCUT2D eigenvalue weighted by molar-refractivity contribution is -0.139. The van der Waals surface area contributed by atoms with Gasteiger partial charge in [-0.15, -0.1) is 0 Å². The molecular formula is C18H21N3O2S. The van der Waals surface area contributed by atoms with Crippen molar-refractivity contribution in [3.05, 3.63) is 57.8 Å². The molecule has 126 valence electrons. The predicted octanol–water partition coefficient (Wildman–Crippen LogP) is 1.71. The summed E-state index contributed by atoms with van der Waals surface area (Å²) in [6, 6.07) is 10.6. The topological polar surface area (TPSA) is 61.4 Å². The molecule has 0 saturated heterocycles. The van der Waals surface area contributed by atoms with E-state index in [-0.39, 0.29) is 6.04 Å². The van der Waals surface area contributed by atoms with Crippen LogP contribution in [0.4, 0.5) is 0 Å². The smallest absolute Gasteiger partial charge is 0.309 e. The Bertz CT molecular complexity index is 715. The quantitative estimate of drug-likeness (QED) is 0.831. The van der Waals surface area contributed by atoms with Crippen LogP contribution >= 0.6 is 11.3 Å². The molecule has 2 heterocycles. The summed E-state index contributed by atoms with van der Waals surface area (Å²) in [6.45, 7) is 2.21. The average molecular weight is 343 g/mol. The van der Waals surface area contributed by atoms with Crippen LogP contribution in [0, 0.1) is 0 Å². The van der Waals surface area contributed by atoms with Crippen molar-refractivity contribution in [2.75, 3.05) is 20.1 Å². The molecular weight excluding hydrogens is 322 g/mol. The Morgan fingerprint density at radius 1 is 1.21 bits per heavy atom. The SMILES string of the molecule is CNC(=O)C(=O)NCC(c1ccsc1)N1CCc2ccccc2C1. The van der Waals surface area contributed by atoms with Crippen molar-refractivity contribution in [1.29, 1.82) is 0 Å². The van der Waals surface area contributed by atoms with Gasteiger partial charge in [0.15, 0.2) is 0 Å². The van der Waals surface area contributed by atoms with E-state index in [2.05, 4.69) is 51.2 Å². The average Bonchev–Trinajstić information content (AvgIpc) is 3.15. The van der Waals surface area contributed by atoms with Crippen LogP contribution in [-0.2, 0) is 22.6 Å². The molecule has 0 fully saturated rings. The maximum atomic E-state index is 11.8. The van der Waals surface area contributed by atoms with Crippen molar-refractivity contribution in [3.63, 3.8) is 0 Å². The zero-order valence-corrected chi connectivity index (χ0v) is 14.4. The Hall–Kier alpha value is -2.18. The number of fused-ring (bicyclic) bond motifs is 1. The number of hydrogen-bond acceptors (Lipinski definition) is 4. The second kappa shape index (κ2) is 7.59. The molecule has 1 aromatic carbocycles. The fraction of sp³-hybridized carbons (Fsp3) is 0.333. The van der Waals surface area contributed by atoms with Gasteiger partial charge in [0.25, 0.3) is 0 Å². The Morgan fingerprint density at radius 3 is 2.71 bits per heavy atom. The van der Waals surface area contributed by atoms with Crippen molar-refractivity contribution in [1.82, 2.24) is 15.5 Å². The number of nitrogens with one attached hydrogen (secondary N) is 2. The third-order valence-corrected chi connectivity index (χ3v) is 5.12. The predicted molar refractivity (Wildman–Crippen MR) is 94.7 cm³/mol. The number of benzene rings is 1. The maximum absolute atomic E-state index is 11.8. The minimum absolute atomic E-state index is 0.0678. The minimum Gasteiger partial charge on any atom is -0.351 e. The fourth-order valence-corrected chi connectivity index (χ4v) is 3.80. The lowest BCUT2D eigenvalue weighted by Gasteiger charge is -2.35. The number of carbonyl (C=O) groups is 2. The Balaban J connectivity index is 1.74. The van der Waals surface area contributed by atoms with E-state index in [1.165, 1.54) is 23.7 Å². The molecule has 24 heavy (non-hydrogen) atoms. The summed E-state index contributed by atoms with van der Waals surface area (Å²) >= 11 is 1.64. The summed E-state index contributed by atoms with van der Waals surface area (Å²) in [5.41, 5.74) is 3.91. The molecule has 0 bridgehead atoms. The van der Waals surface area contributed by atoms with Gasteiger partial charge in [-0.25, -0.2) is 0 Å². The molecule has 0 spiro atoms. The van der Waals surface area contributed by atoms with Crippen LogP contribution in [0.5, 0.6) is 0 Å². The standard InChI is InChI=1S/C18H21N3O2S/c1-19-17(22)18(23)20-10-16(15-7-9-24-12-15)21-8-6-13-4-2-3-5-14(13)11-21/h2-5,7,9,12,16H,6,8,10-11H2,1H3,(H,19,22)(H,20,23). The molecule has 1 aliphatic heterocycles. The second-order valence-electron chi connectivity index (χ2n) is 5.85. The van der Waals surface area contributed by atoms with E-state index in [1.807, 2.05) is 5.38 Å². The van der Waals surface area contributed by atoms with E-state index in [4.69, 9.17) is 0 Å². The molecule has 0 aliphatic carbocycles. The zero-order chi connectivity index (χ0) is 16.9. The zero-order valence-electron chi connectivity index (χ0n) is 13.6. The van der Waals surface area contributed by atoms with Crippen LogP contribution in [0.15, 0.2) is 41.1 Å². The van der Waals surface area contributed by atoms with Crippen LogP contribution in [0.25, 0.3) is 0 Å². The monoisotopic (exact) mass is 343 g/mol. The lowest BCUT2D eigenvalue weighted by Crippen LogP contribution is -2.44. The van der Waals surface area contributed by atoms with Crippen molar-refractivity contribution < 1.29 is 9.59 Å². The summed E-state index contributed by atoms with van der Waals surface area (Å²) in [6.07, 6.45) is 1.00. The molecule has 5 nitrogen and oxygen atoms in total. The number of carbonyl (C=O) groups excluding carboxylic acids is 2. The van der Waals surface area contributed by atoms with Crippen LogP contribution in [0.2, 0.25) is 0 Å². The van der Waals surface area contributed by atoms with Gasteiger partial charge in [-0.1, -0.05) is 24.3 Å². The van der Waals surface area contributed by atoms with Gasteiger partial charge in [-0.05, 0) is 39.9 Å². The Morgan fingerprint density at radius 2 is 2.00 bits per heavy atom. The molecule has 2 amide bonds. The first-order valence-electron chi connectivity index (χ1n) is 8.02. The maximum Gasteiger partial charge on any atom is 0.309 e. The number of rotatable bonds is 4. The number of amides is 2. The summed E-state index contributed by atoms with van der Waals surface area (Å²) in [4.78, 5) is 25.6. The summed E-state index contributed by atoms with van der Waals surface area (Å²) < 4.78 is 0. The Kier molecular flexibility index (Phi) is 5.27. The van der Waals surface area contributed by atoms with E-state index in [0.717, 1.165) is 19.5 Å². The number of thiophene rings is 1. The van der Waals surface area contributed by atoms with Gasteiger partial charge < -0.3 is 10.6 Å². The minimum atomic E-state index is -0.608. The highest BCUT2D eigenvalue weighted by molar-refractivity contribution is 7.07. The van der Waals surface area contributed by atoms with Crippen LogP contribution in [0.1, 0.15) is 22.7 Å². The third kappa shape index (κ3) is 3.66. The number of likely N-dealkylation sites (N-methyl/N-ethyl adjacent to an activating group) is 1. The summed E-state index contributed by atoms with van der Waals surface area (Å²) in [7, 11) is 1.46. The first-order valence-corrected chi connectivity index (χ1v) is 8.96. The van der Waals surface area contributed by atoms with Crippen molar-refractivity contribution in [2.45, 2.75) is 19.0 Å². The molecule has 1 aliphatic rings. The normalized spacial score (nSPS) is 15.4. The van der Waals surface area contributed by atoms with Crippen LogP contribution in [-0.4, -0.2) is 36.9 Å². The first-order chi connectivity index (χ1) is 11.7. The van der Waals surface area contributed by atoms with Crippen molar-refractivity contribution in [2.24, 2.45) is 0 Å². The molecule has 0 radical (unpaired) electrons. The molecule has 0 saturated carbocycles.